The summed E-state index contributed by atoms with van der Waals surface area (Å²) < 4.78 is 12.0. The molecule has 0 atom stereocenters. The Morgan fingerprint density at radius 2 is 2.25 bits per heavy atom. The van der Waals surface area contributed by atoms with Crippen LogP contribution in [0.15, 0.2) is 6.33 Å². The largest absolute Gasteiger partial charge is 0.384 e. The van der Waals surface area contributed by atoms with Gasteiger partial charge in [-0.1, -0.05) is 0 Å². The molecular formula is C12H16N6O2. The monoisotopic (exact) mass is 276 g/mol. The summed E-state index contributed by atoms with van der Waals surface area (Å²) in [5.74, 6) is 0.880. The number of hydrogen-bond acceptors (Lipinski definition) is 7. The number of aromatic nitrogens is 3. The number of nitrogens with two attached hydrogens (primary N) is 1. The van der Waals surface area contributed by atoms with Crippen LogP contribution >= 0.6 is 0 Å². The van der Waals surface area contributed by atoms with Gasteiger partial charge in [-0.25, -0.2) is 9.97 Å². The maximum atomic E-state index is 9.27. The van der Waals surface area contributed by atoms with E-state index in [1.807, 2.05) is 0 Å². The van der Waals surface area contributed by atoms with E-state index in [0.717, 1.165) is 0 Å². The molecule has 2 aromatic rings. The zero-order valence-corrected chi connectivity index (χ0v) is 11.4. The van der Waals surface area contributed by atoms with Crippen LogP contribution in [0.3, 0.4) is 0 Å². The molecule has 20 heavy (non-hydrogen) atoms. The van der Waals surface area contributed by atoms with Crippen molar-refractivity contribution in [3.63, 3.8) is 0 Å². The van der Waals surface area contributed by atoms with Gasteiger partial charge in [0.05, 0.1) is 18.6 Å². The lowest BCUT2D eigenvalue weighted by molar-refractivity contribution is 0.0366. The lowest BCUT2D eigenvalue weighted by atomic mass is 10.2. The van der Waals surface area contributed by atoms with Crippen LogP contribution in [-0.2, 0) is 16.2 Å². The summed E-state index contributed by atoms with van der Waals surface area (Å²) in [6.45, 7) is 1.12. The molecule has 0 aliphatic carbocycles. The highest BCUT2D eigenvalue weighted by Gasteiger charge is 2.19. The van der Waals surface area contributed by atoms with Crippen LogP contribution in [0.2, 0.25) is 0 Å². The van der Waals surface area contributed by atoms with Gasteiger partial charge in [0.1, 0.15) is 42.0 Å². The van der Waals surface area contributed by atoms with Crippen molar-refractivity contribution in [2.45, 2.75) is 6.73 Å². The quantitative estimate of drug-likeness (QED) is 0.741. The van der Waals surface area contributed by atoms with Crippen LogP contribution in [0, 0.1) is 11.3 Å². The number of nitrogens with one attached hydrogen (secondary N) is 1. The lowest BCUT2D eigenvalue weighted by Crippen LogP contribution is -2.10. The molecule has 2 rings (SSSR count). The second kappa shape index (κ2) is 6.18. The third kappa shape index (κ3) is 2.36. The van der Waals surface area contributed by atoms with E-state index >= 15 is 0 Å². The lowest BCUT2D eigenvalue weighted by Gasteiger charge is -2.08. The van der Waals surface area contributed by atoms with Crippen molar-refractivity contribution in [3.8, 4) is 6.07 Å². The summed E-state index contributed by atoms with van der Waals surface area (Å²) in [5.41, 5.74) is 6.91. The van der Waals surface area contributed by atoms with Crippen LogP contribution in [-0.4, -0.2) is 41.9 Å². The number of rotatable bonds is 6. The molecule has 0 saturated heterocycles. The minimum absolute atomic E-state index is 0.202. The second-order valence-corrected chi connectivity index (χ2v) is 4.00. The van der Waals surface area contributed by atoms with E-state index in [2.05, 4.69) is 21.4 Å². The van der Waals surface area contributed by atoms with E-state index in [4.69, 9.17) is 15.2 Å². The number of fused-ring (bicyclic) bond motifs is 1. The molecule has 0 bridgehead atoms. The van der Waals surface area contributed by atoms with Gasteiger partial charge in [-0.15, -0.1) is 0 Å². The van der Waals surface area contributed by atoms with Gasteiger partial charge in [-0.05, 0) is 0 Å². The molecule has 0 unspecified atom stereocenters. The van der Waals surface area contributed by atoms with Crippen molar-refractivity contribution >= 4 is 22.7 Å². The van der Waals surface area contributed by atoms with Gasteiger partial charge in [0, 0.05) is 14.2 Å². The van der Waals surface area contributed by atoms with E-state index in [9.17, 15) is 5.26 Å². The van der Waals surface area contributed by atoms with Gasteiger partial charge < -0.3 is 20.5 Å². The summed E-state index contributed by atoms with van der Waals surface area (Å²) in [7, 11) is 3.33. The molecule has 0 saturated carbocycles. The number of nitrogen functional groups attached to an aromatic ring is 1. The molecule has 2 aromatic heterocycles. The molecule has 0 radical (unpaired) electrons. The first-order valence-corrected chi connectivity index (χ1v) is 6.01. The fraction of sp³-hybridized carbons (Fsp3) is 0.417. The standard InChI is InChI=1S/C12H16N6O2/c1-15-11-9-8(5-13)10(14)18(7-20-4-3-19-2)12(9)17-6-16-11/h6H,3-4,7,14H2,1-2H3,(H,15,16,17). The highest BCUT2D eigenvalue weighted by Crippen LogP contribution is 2.30. The Bertz CT molecular complexity index is 645. The summed E-state index contributed by atoms with van der Waals surface area (Å²) in [4.78, 5) is 8.28. The van der Waals surface area contributed by atoms with E-state index < -0.39 is 0 Å². The van der Waals surface area contributed by atoms with E-state index in [-0.39, 0.29) is 6.73 Å². The number of nitrogens with zero attached hydrogens (tertiary/aromatic N) is 4. The summed E-state index contributed by atoms with van der Waals surface area (Å²) in [6, 6.07) is 2.09. The molecular weight excluding hydrogens is 260 g/mol. The van der Waals surface area contributed by atoms with Crippen LogP contribution in [0.25, 0.3) is 11.0 Å². The molecule has 106 valence electrons. The molecule has 0 amide bonds. The maximum absolute atomic E-state index is 9.27. The van der Waals surface area contributed by atoms with Crippen molar-refractivity contribution in [1.29, 1.82) is 5.26 Å². The third-order valence-corrected chi connectivity index (χ3v) is 2.88. The number of nitriles is 1. The van der Waals surface area contributed by atoms with E-state index in [1.54, 1.807) is 18.7 Å². The Balaban J connectivity index is 2.44. The Morgan fingerprint density at radius 1 is 1.45 bits per heavy atom. The SMILES string of the molecule is CNc1ncnc2c1c(C#N)c(N)n2COCCOC. The third-order valence-electron chi connectivity index (χ3n) is 2.88. The van der Waals surface area contributed by atoms with Crippen molar-refractivity contribution in [1.82, 2.24) is 14.5 Å². The minimum Gasteiger partial charge on any atom is -0.384 e. The molecule has 0 spiro atoms. The summed E-state index contributed by atoms with van der Waals surface area (Å²) in [5, 5.41) is 12.8. The molecule has 0 aromatic carbocycles. The Kier molecular flexibility index (Phi) is 4.34. The predicted molar refractivity (Wildman–Crippen MR) is 74.0 cm³/mol. The average Bonchev–Trinajstić information content (AvgIpc) is 2.75. The van der Waals surface area contributed by atoms with Gasteiger partial charge in [0.2, 0.25) is 0 Å². The molecule has 8 heteroatoms. The minimum atomic E-state index is 0.202. The Morgan fingerprint density at radius 3 is 2.90 bits per heavy atom. The van der Waals surface area contributed by atoms with Crippen molar-refractivity contribution in [3.05, 3.63) is 11.9 Å². The molecule has 2 heterocycles. The van der Waals surface area contributed by atoms with Crippen LogP contribution in [0.5, 0.6) is 0 Å². The zero-order valence-electron chi connectivity index (χ0n) is 11.4. The first-order valence-electron chi connectivity index (χ1n) is 6.01. The Hall–Kier alpha value is -2.37. The van der Waals surface area contributed by atoms with Gasteiger partial charge in [-0.2, -0.15) is 5.26 Å². The van der Waals surface area contributed by atoms with Gasteiger partial charge in [-0.3, -0.25) is 4.57 Å². The van der Waals surface area contributed by atoms with Crippen LogP contribution < -0.4 is 11.1 Å². The number of hydrogen-bond donors (Lipinski definition) is 2. The first kappa shape index (κ1) is 14.0. The van der Waals surface area contributed by atoms with Crippen molar-refractivity contribution in [2.24, 2.45) is 0 Å². The molecule has 8 nitrogen and oxygen atoms in total. The maximum Gasteiger partial charge on any atom is 0.150 e. The summed E-state index contributed by atoms with van der Waals surface area (Å²) >= 11 is 0. The molecule has 3 N–H and O–H groups in total. The van der Waals surface area contributed by atoms with Gasteiger partial charge >= 0.3 is 0 Å². The second-order valence-electron chi connectivity index (χ2n) is 4.00. The fourth-order valence-corrected chi connectivity index (χ4v) is 1.92. The summed E-state index contributed by atoms with van der Waals surface area (Å²) in [6.07, 6.45) is 1.42. The van der Waals surface area contributed by atoms with E-state index in [0.29, 0.717) is 41.4 Å². The fourth-order valence-electron chi connectivity index (χ4n) is 1.92. The van der Waals surface area contributed by atoms with Crippen molar-refractivity contribution < 1.29 is 9.47 Å². The van der Waals surface area contributed by atoms with Crippen molar-refractivity contribution in [2.75, 3.05) is 38.4 Å². The number of methoxy groups -OCH3 is 1. The highest BCUT2D eigenvalue weighted by molar-refractivity contribution is 5.97. The van der Waals surface area contributed by atoms with E-state index in [1.165, 1.54) is 6.33 Å². The van der Waals surface area contributed by atoms with Crippen LogP contribution in [0.1, 0.15) is 5.56 Å². The smallest absolute Gasteiger partial charge is 0.150 e. The molecule has 0 fully saturated rings. The number of ether oxygens (including phenoxy) is 2. The van der Waals surface area contributed by atoms with Crippen LogP contribution in [0.4, 0.5) is 11.6 Å². The highest BCUT2D eigenvalue weighted by atomic mass is 16.5. The predicted octanol–water partition coefficient (Wildman–Crippen LogP) is 0.547. The number of anilines is 2. The van der Waals surface area contributed by atoms with Gasteiger partial charge in [0.25, 0.3) is 0 Å². The zero-order chi connectivity index (χ0) is 14.5. The topological polar surface area (TPSA) is 111 Å². The normalized spacial score (nSPS) is 10.7. The molecule has 0 aliphatic rings. The average molecular weight is 276 g/mol. The first-order chi connectivity index (χ1) is 9.74. The molecule has 0 aliphatic heterocycles. The van der Waals surface area contributed by atoms with Gasteiger partial charge in [0.15, 0.2) is 0 Å². The Labute approximate surface area is 116 Å².